The molecule has 2 aliphatic rings. The third kappa shape index (κ3) is 1.21. The zero-order valence-electron chi connectivity index (χ0n) is 9.25. The summed E-state index contributed by atoms with van der Waals surface area (Å²) in [6, 6.07) is 0. The van der Waals surface area contributed by atoms with Crippen LogP contribution in [0, 0.1) is 17.3 Å². The van der Waals surface area contributed by atoms with Crippen molar-refractivity contribution in [2.24, 2.45) is 17.3 Å². The Kier molecular flexibility index (Phi) is 2.02. The van der Waals surface area contributed by atoms with Gasteiger partial charge in [-0.15, -0.1) is 0 Å². The highest BCUT2D eigenvalue weighted by Gasteiger charge is 2.37. The van der Waals surface area contributed by atoms with Crippen LogP contribution in [-0.2, 0) is 0 Å². The summed E-state index contributed by atoms with van der Waals surface area (Å²) in [6.07, 6.45) is 11.2. The Morgan fingerprint density at radius 2 is 2.00 bits per heavy atom. The summed E-state index contributed by atoms with van der Waals surface area (Å²) in [7, 11) is 0. The molecule has 14 heavy (non-hydrogen) atoms. The normalized spacial score (nSPS) is 40.8. The van der Waals surface area contributed by atoms with Crippen LogP contribution in [-0.4, -0.2) is 0 Å². The third-order valence-corrected chi connectivity index (χ3v) is 3.92. The fourth-order valence-corrected chi connectivity index (χ4v) is 2.39. The molecule has 0 aromatic carbocycles. The quantitative estimate of drug-likeness (QED) is 0.538. The van der Waals surface area contributed by atoms with Gasteiger partial charge in [-0.3, -0.25) is 0 Å². The van der Waals surface area contributed by atoms with Gasteiger partial charge in [0.1, 0.15) is 0 Å². The molecule has 0 aromatic rings. The molecule has 0 spiro atoms. The van der Waals surface area contributed by atoms with Gasteiger partial charge >= 0.3 is 0 Å². The molecule has 0 aliphatic heterocycles. The minimum Gasteiger partial charge on any atom is -0.0918 e. The Balaban J connectivity index is 2.50. The molecule has 0 bridgehead atoms. The molecule has 0 N–H and O–H groups in total. The molecule has 0 radical (unpaired) electrons. The molecule has 3 unspecified atom stereocenters. The van der Waals surface area contributed by atoms with Crippen LogP contribution in [0.3, 0.4) is 0 Å². The SMILES string of the molecule is C=C1C=CC2(C)C(=C1)C=CC(C)C2C. The number of allylic oxidation sites excluding steroid dienone is 7. The highest BCUT2D eigenvalue weighted by molar-refractivity contribution is 5.48. The molecule has 0 saturated carbocycles. The summed E-state index contributed by atoms with van der Waals surface area (Å²) in [6.45, 7) is 10.9. The van der Waals surface area contributed by atoms with E-state index in [9.17, 15) is 0 Å². The van der Waals surface area contributed by atoms with Crippen molar-refractivity contribution in [3.63, 3.8) is 0 Å². The molecule has 0 heterocycles. The smallest absolute Gasteiger partial charge is 0.0138 e. The van der Waals surface area contributed by atoms with Crippen LogP contribution in [0.2, 0.25) is 0 Å². The van der Waals surface area contributed by atoms with Gasteiger partial charge in [0.15, 0.2) is 0 Å². The lowest BCUT2D eigenvalue weighted by Crippen LogP contribution is -2.33. The second-order valence-electron chi connectivity index (χ2n) is 4.80. The first-order valence-electron chi connectivity index (χ1n) is 5.32. The van der Waals surface area contributed by atoms with Gasteiger partial charge in [-0.2, -0.15) is 0 Å². The highest BCUT2D eigenvalue weighted by Crippen LogP contribution is 2.47. The van der Waals surface area contributed by atoms with E-state index >= 15 is 0 Å². The van der Waals surface area contributed by atoms with E-state index in [1.165, 1.54) is 5.57 Å². The minimum atomic E-state index is 0.218. The van der Waals surface area contributed by atoms with E-state index in [1.807, 2.05) is 0 Å². The van der Waals surface area contributed by atoms with Crippen molar-refractivity contribution in [3.05, 3.63) is 48.1 Å². The fourth-order valence-electron chi connectivity index (χ4n) is 2.39. The average molecular weight is 186 g/mol. The standard InChI is InChI=1S/C14H18/c1-10-7-8-14(4)12(3)11(2)5-6-13(14)9-10/h5-9,11-12H,1H2,2-4H3. The topological polar surface area (TPSA) is 0 Å². The van der Waals surface area contributed by atoms with E-state index in [0.29, 0.717) is 11.8 Å². The summed E-state index contributed by atoms with van der Waals surface area (Å²) >= 11 is 0. The predicted octanol–water partition coefficient (Wildman–Crippen LogP) is 3.89. The Morgan fingerprint density at radius 1 is 1.29 bits per heavy atom. The van der Waals surface area contributed by atoms with E-state index in [2.05, 4.69) is 57.7 Å². The Morgan fingerprint density at radius 3 is 2.71 bits per heavy atom. The molecule has 2 rings (SSSR count). The minimum absolute atomic E-state index is 0.218. The lowest BCUT2D eigenvalue weighted by molar-refractivity contribution is 0.265. The van der Waals surface area contributed by atoms with E-state index in [4.69, 9.17) is 0 Å². The Labute approximate surface area is 86.7 Å². The van der Waals surface area contributed by atoms with Gasteiger partial charge in [-0.1, -0.05) is 57.7 Å². The summed E-state index contributed by atoms with van der Waals surface area (Å²) in [5.41, 5.74) is 2.74. The molecular weight excluding hydrogens is 168 g/mol. The first-order chi connectivity index (χ1) is 6.54. The molecule has 0 amide bonds. The van der Waals surface area contributed by atoms with E-state index in [0.717, 1.165) is 5.57 Å². The van der Waals surface area contributed by atoms with Crippen molar-refractivity contribution in [2.45, 2.75) is 20.8 Å². The van der Waals surface area contributed by atoms with Gasteiger partial charge in [0.2, 0.25) is 0 Å². The molecule has 3 atom stereocenters. The largest absolute Gasteiger partial charge is 0.0918 e. The van der Waals surface area contributed by atoms with Crippen LogP contribution in [0.15, 0.2) is 48.1 Å². The molecule has 0 nitrogen and oxygen atoms in total. The average Bonchev–Trinajstić information content (AvgIpc) is 2.16. The number of rotatable bonds is 0. The van der Waals surface area contributed by atoms with Crippen molar-refractivity contribution in [2.75, 3.05) is 0 Å². The third-order valence-electron chi connectivity index (χ3n) is 3.92. The maximum atomic E-state index is 3.98. The van der Waals surface area contributed by atoms with Crippen LogP contribution in [0.1, 0.15) is 20.8 Å². The molecule has 0 fully saturated rings. The summed E-state index contributed by atoms with van der Waals surface area (Å²) in [4.78, 5) is 0. The monoisotopic (exact) mass is 186 g/mol. The van der Waals surface area contributed by atoms with E-state index < -0.39 is 0 Å². The highest BCUT2D eigenvalue weighted by atomic mass is 14.4. The molecule has 74 valence electrons. The second kappa shape index (κ2) is 2.98. The maximum Gasteiger partial charge on any atom is 0.0138 e. The Bertz CT molecular complexity index is 354. The molecular formula is C14H18. The molecule has 0 saturated heterocycles. The van der Waals surface area contributed by atoms with Gasteiger partial charge in [0, 0.05) is 5.41 Å². The molecule has 0 aromatic heterocycles. The van der Waals surface area contributed by atoms with E-state index in [-0.39, 0.29) is 5.41 Å². The zero-order valence-corrected chi connectivity index (χ0v) is 9.25. The van der Waals surface area contributed by atoms with Crippen molar-refractivity contribution in [1.82, 2.24) is 0 Å². The van der Waals surface area contributed by atoms with Crippen molar-refractivity contribution >= 4 is 0 Å². The first-order valence-corrected chi connectivity index (χ1v) is 5.32. The lowest BCUT2D eigenvalue weighted by atomic mass is 9.62. The molecule has 2 aliphatic carbocycles. The predicted molar refractivity (Wildman–Crippen MR) is 61.9 cm³/mol. The van der Waals surface area contributed by atoms with Crippen molar-refractivity contribution in [1.29, 1.82) is 0 Å². The van der Waals surface area contributed by atoms with Gasteiger partial charge in [-0.25, -0.2) is 0 Å². The van der Waals surface area contributed by atoms with Crippen LogP contribution < -0.4 is 0 Å². The van der Waals surface area contributed by atoms with Gasteiger partial charge in [-0.05, 0) is 23.0 Å². The number of hydrogen-bond donors (Lipinski definition) is 0. The van der Waals surface area contributed by atoms with Gasteiger partial charge in [0.25, 0.3) is 0 Å². The molecule has 0 heteroatoms. The first kappa shape index (κ1) is 9.51. The van der Waals surface area contributed by atoms with Crippen LogP contribution in [0.5, 0.6) is 0 Å². The summed E-state index contributed by atoms with van der Waals surface area (Å²) in [5.74, 6) is 1.33. The van der Waals surface area contributed by atoms with Gasteiger partial charge < -0.3 is 0 Å². The van der Waals surface area contributed by atoms with Crippen molar-refractivity contribution < 1.29 is 0 Å². The fraction of sp³-hybridized carbons (Fsp3) is 0.429. The summed E-state index contributed by atoms with van der Waals surface area (Å²) in [5, 5.41) is 0. The number of hydrogen-bond acceptors (Lipinski definition) is 0. The Hall–Kier alpha value is -1.04. The second-order valence-corrected chi connectivity index (χ2v) is 4.80. The zero-order chi connectivity index (χ0) is 10.3. The summed E-state index contributed by atoms with van der Waals surface area (Å²) < 4.78 is 0. The van der Waals surface area contributed by atoms with Crippen LogP contribution >= 0.6 is 0 Å². The maximum absolute atomic E-state index is 3.98. The van der Waals surface area contributed by atoms with Gasteiger partial charge in [0.05, 0.1) is 0 Å². The van der Waals surface area contributed by atoms with Crippen molar-refractivity contribution in [3.8, 4) is 0 Å². The number of fused-ring (bicyclic) bond motifs is 1. The lowest BCUT2D eigenvalue weighted by Gasteiger charge is -2.42. The van der Waals surface area contributed by atoms with E-state index in [1.54, 1.807) is 0 Å². The van der Waals surface area contributed by atoms with Crippen LogP contribution in [0.25, 0.3) is 0 Å². The van der Waals surface area contributed by atoms with Crippen LogP contribution in [0.4, 0.5) is 0 Å².